The van der Waals surface area contributed by atoms with Gasteiger partial charge in [0.15, 0.2) is 0 Å². The number of hydrogen-bond acceptors (Lipinski definition) is 2. The quantitative estimate of drug-likeness (QED) is 0.775. The molecule has 0 aliphatic carbocycles. The predicted octanol–water partition coefficient (Wildman–Crippen LogP) is 3.15. The van der Waals surface area contributed by atoms with Gasteiger partial charge in [0.2, 0.25) is 5.91 Å². The Hall–Kier alpha value is -3.02. The van der Waals surface area contributed by atoms with Crippen LogP contribution in [0, 0.1) is 11.6 Å². The summed E-state index contributed by atoms with van der Waals surface area (Å²) < 4.78 is 28.2. The average molecular weight is 341 g/mol. The van der Waals surface area contributed by atoms with Gasteiger partial charge in [0.05, 0.1) is 12.5 Å². The zero-order valence-corrected chi connectivity index (χ0v) is 13.6. The van der Waals surface area contributed by atoms with E-state index in [1.165, 1.54) is 24.3 Å². The van der Waals surface area contributed by atoms with Crippen molar-refractivity contribution in [2.75, 3.05) is 0 Å². The number of benzene rings is 2. The first-order valence-corrected chi connectivity index (χ1v) is 7.79. The van der Waals surface area contributed by atoms with Gasteiger partial charge in [-0.1, -0.05) is 24.3 Å². The Labute approximate surface area is 144 Å². The van der Waals surface area contributed by atoms with Gasteiger partial charge in [0.1, 0.15) is 17.5 Å². The maximum Gasteiger partial charge on any atom is 0.228 e. The lowest BCUT2D eigenvalue weighted by atomic mass is 9.98. The summed E-state index contributed by atoms with van der Waals surface area (Å²) in [6.45, 7) is 0. The summed E-state index contributed by atoms with van der Waals surface area (Å²) in [4.78, 5) is 16.6. The molecule has 6 heteroatoms. The number of imidazole rings is 1. The zero-order chi connectivity index (χ0) is 17.8. The molecule has 0 radical (unpaired) electrons. The highest BCUT2D eigenvalue weighted by Crippen LogP contribution is 2.23. The first-order chi connectivity index (χ1) is 12.0. The van der Waals surface area contributed by atoms with Crippen molar-refractivity contribution in [3.8, 4) is 0 Å². The molecule has 4 nitrogen and oxygen atoms in total. The average Bonchev–Trinajstić information content (AvgIpc) is 2.99. The fourth-order valence-electron chi connectivity index (χ4n) is 2.59. The fourth-order valence-corrected chi connectivity index (χ4v) is 2.59. The van der Waals surface area contributed by atoms with Crippen LogP contribution in [-0.2, 0) is 18.3 Å². The molecule has 0 unspecified atom stereocenters. The molecule has 0 saturated carbocycles. The first-order valence-electron chi connectivity index (χ1n) is 7.79. The van der Waals surface area contributed by atoms with Crippen molar-refractivity contribution in [3.05, 3.63) is 89.5 Å². The third kappa shape index (κ3) is 4.09. The maximum absolute atomic E-state index is 13.2. The molecule has 0 spiro atoms. The van der Waals surface area contributed by atoms with Gasteiger partial charge in [-0.25, -0.2) is 13.8 Å². The van der Waals surface area contributed by atoms with E-state index in [9.17, 15) is 13.6 Å². The summed E-state index contributed by atoms with van der Waals surface area (Å²) >= 11 is 0. The second-order valence-electron chi connectivity index (χ2n) is 5.73. The van der Waals surface area contributed by atoms with Crippen LogP contribution in [-0.4, -0.2) is 15.5 Å². The summed E-state index contributed by atoms with van der Waals surface area (Å²) in [6, 6.07) is 11.2. The Morgan fingerprint density at radius 3 is 2.00 bits per heavy atom. The highest BCUT2D eigenvalue weighted by Gasteiger charge is 2.18. The van der Waals surface area contributed by atoms with Crippen LogP contribution in [0.5, 0.6) is 0 Å². The number of nitrogens with zero attached hydrogens (tertiary/aromatic N) is 2. The van der Waals surface area contributed by atoms with Crippen LogP contribution in [0.1, 0.15) is 23.0 Å². The van der Waals surface area contributed by atoms with E-state index in [0.717, 1.165) is 0 Å². The number of aryl methyl sites for hydroxylation is 1. The van der Waals surface area contributed by atoms with Gasteiger partial charge in [0.25, 0.3) is 0 Å². The van der Waals surface area contributed by atoms with Gasteiger partial charge in [-0.15, -0.1) is 0 Å². The van der Waals surface area contributed by atoms with Gasteiger partial charge in [-0.05, 0) is 35.4 Å². The van der Waals surface area contributed by atoms with Crippen LogP contribution >= 0.6 is 0 Å². The van der Waals surface area contributed by atoms with E-state index in [0.29, 0.717) is 17.0 Å². The van der Waals surface area contributed by atoms with E-state index in [4.69, 9.17) is 0 Å². The molecule has 128 valence electrons. The summed E-state index contributed by atoms with van der Waals surface area (Å²) in [5, 5.41) is 2.92. The van der Waals surface area contributed by atoms with Crippen molar-refractivity contribution in [1.29, 1.82) is 0 Å². The second-order valence-corrected chi connectivity index (χ2v) is 5.73. The Bertz CT molecular complexity index is 812. The van der Waals surface area contributed by atoms with Crippen molar-refractivity contribution < 1.29 is 13.6 Å². The fraction of sp³-hybridized carbons (Fsp3) is 0.158. The standard InChI is InChI=1S/C19H17F2N3O/c1-24-11-10-22-17(24)12-18(25)23-19(13-2-6-15(20)7-3-13)14-4-8-16(21)9-5-14/h2-11,19H,12H2,1H3,(H,23,25). The predicted molar refractivity (Wildman–Crippen MR) is 89.7 cm³/mol. The van der Waals surface area contributed by atoms with Gasteiger partial charge in [0, 0.05) is 19.4 Å². The number of carbonyl (C=O) groups is 1. The molecule has 0 bridgehead atoms. The van der Waals surface area contributed by atoms with Crippen molar-refractivity contribution in [2.24, 2.45) is 7.05 Å². The molecular formula is C19H17F2N3O. The molecule has 0 atom stereocenters. The second kappa shape index (κ2) is 7.25. The van der Waals surface area contributed by atoms with Crippen LogP contribution in [0.25, 0.3) is 0 Å². The minimum Gasteiger partial charge on any atom is -0.345 e. The number of aromatic nitrogens is 2. The van der Waals surface area contributed by atoms with E-state index >= 15 is 0 Å². The van der Waals surface area contributed by atoms with Crippen LogP contribution in [0.2, 0.25) is 0 Å². The lowest BCUT2D eigenvalue weighted by Gasteiger charge is -2.20. The van der Waals surface area contributed by atoms with Crippen LogP contribution < -0.4 is 5.32 Å². The molecule has 2 aromatic carbocycles. The number of halogens is 2. The molecule has 0 aliphatic rings. The first kappa shape index (κ1) is 16.8. The van der Waals surface area contributed by atoms with Crippen molar-refractivity contribution >= 4 is 5.91 Å². The zero-order valence-electron chi connectivity index (χ0n) is 13.6. The smallest absolute Gasteiger partial charge is 0.228 e. The largest absolute Gasteiger partial charge is 0.345 e. The van der Waals surface area contributed by atoms with Gasteiger partial charge >= 0.3 is 0 Å². The number of amides is 1. The minimum atomic E-state index is -0.506. The molecule has 0 fully saturated rings. The van der Waals surface area contributed by atoms with E-state index in [2.05, 4.69) is 10.3 Å². The molecule has 1 N–H and O–H groups in total. The van der Waals surface area contributed by atoms with Gasteiger partial charge in [-0.3, -0.25) is 4.79 Å². The van der Waals surface area contributed by atoms with Crippen molar-refractivity contribution in [1.82, 2.24) is 14.9 Å². The van der Waals surface area contributed by atoms with Gasteiger partial charge in [-0.2, -0.15) is 0 Å². The van der Waals surface area contributed by atoms with Crippen LogP contribution in [0.3, 0.4) is 0 Å². The van der Waals surface area contributed by atoms with Crippen molar-refractivity contribution in [2.45, 2.75) is 12.5 Å². The van der Waals surface area contributed by atoms with E-state index < -0.39 is 6.04 Å². The molecule has 3 rings (SSSR count). The third-order valence-corrected chi connectivity index (χ3v) is 3.95. The Morgan fingerprint density at radius 1 is 1.04 bits per heavy atom. The highest BCUT2D eigenvalue weighted by atomic mass is 19.1. The summed E-state index contributed by atoms with van der Waals surface area (Å²) in [5.41, 5.74) is 1.42. The van der Waals surface area contributed by atoms with E-state index in [1.54, 1.807) is 41.2 Å². The molecule has 0 saturated heterocycles. The molecule has 3 aromatic rings. The molecule has 1 amide bonds. The lowest BCUT2D eigenvalue weighted by Crippen LogP contribution is -2.31. The number of rotatable bonds is 5. The molecule has 1 heterocycles. The van der Waals surface area contributed by atoms with Crippen molar-refractivity contribution in [3.63, 3.8) is 0 Å². The monoisotopic (exact) mass is 341 g/mol. The van der Waals surface area contributed by atoms with E-state index in [1.807, 2.05) is 7.05 Å². The van der Waals surface area contributed by atoms with Crippen LogP contribution in [0.15, 0.2) is 60.9 Å². The number of carbonyl (C=O) groups excluding carboxylic acids is 1. The van der Waals surface area contributed by atoms with E-state index in [-0.39, 0.29) is 24.0 Å². The molecule has 0 aliphatic heterocycles. The Kier molecular flexibility index (Phi) is 4.88. The highest BCUT2D eigenvalue weighted by molar-refractivity contribution is 5.78. The normalized spacial score (nSPS) is 10.9. The Morgan fingerprint density at radius 2 is 1.56 bits per heavy atom. The number of hydrogen-bond donors (Lipinski definition) is 1. The third-order valence-electron chi connectivity index (χ3n) is 3.95. The molecular weight excluding hydrogens is 324 g/mol. The van der Waals surface area contributed by atoms with Crippen LogP contribution in [0.4, 0.5) is 8.78 Å². The molecule has 1 aromatic heterocycles. The molecule has 25 heavy (non-hydrogen) atoms. The minimum absolute atomic E-state index is 0.113. The lowest BCUT2D eigenvalue weighted by molar-refractivity contribution is -0.121. The summed E-state index contributed by atoms with van der Waals surface area (Å²) in [6.07, 6.45) is 3.50. The number of nitrogens with one attached hydrogen (secondary N) is 1. The van der Waals surface area contributed by atoms with Gasteiger partial charge < -0.3 is 9.88 Å². The SMILES string of the molecule is Cn1ccnc1CC(=O)NC(c1ccc(F)cc1)c1ccc(F)cc1. The summed E-state index contributed by atoms with van der Waals surface area (Å²) in [5.74, 6) is -0.315. The maximum atomic E-state index is 13.2. The summed E-state index contributed by atoms with van der Waals surface area (Å²) in [7, 11) is 1.81. The Balaban J connectivity index is 1.85. The topological polar surface area (TPSA) is 46.9 Å².